The summed E-state index contributed by atoms with van der Waals surface area (Å²) in [6.45, 7) is 1.38. The molecule has 5 nitrogen and oxygen atoms in total. The maximum absolute atomic E-state index is 12.4. The zero-order chi connectivity index (χ0) is 15.5. The van der Waals surface area contributed by atoms with Crippen molar-refractivity contribution in [2.45, 2.75) is 50.7 Å². The number of hydrogen-bond donors (Lipinski definition) is 1. The van der Waals surface area contributed by atoms with Gasteiger partial charge in [0.15, 0.2) is 0 Å². The number of likely N-dealkylation sites (tertiary alicyclic amines) is 1. The number of carboxylic acid groups (broad SMARTS) is 1. The molecule has 6 heteroatoms. The van der Waals surface area contributed by atoms with Crippen molar-refractivity contribution in [2.24, 2.45) is 0 Å². The van der Waals surface area contributed by atoms with E-state index in [0.29, 0.717) is 24.1 Å². The fourth-order valence-corrected chi connectivity index (χ4v) is 4.03. The van der Waals surface area contributed by atoms with E-state index in [1.165, 1.54) is 31.7 Å². The second kappa shape index (κ2) is 6.79. The van der Waals surface area contributed by atoms with Crippen molar-refractivity contribution in [2.75, 3.05) is 13.1 Å². The predicted octanol–water partition coefficient (Wildman–Crippen LogP) is 3.01. The van der Waals surface area contributed by atoms with E-state index < -0.39 is 5.97 Å². The largest absolute Gasteiger partial charge is 0.477 e. The first kappa shape index (κ1) is 15.5. The molecule has 1 N–H and O–H groups in total. The first-order chi connectivity index (χ1) is 10.6. The molecule has 3 rings (SSSR count). The summed E-state index contributed by atoms with van der Waals surface area (Å²) < 4.78 is 6.11. The van der Waals surface area contributed by atoms with Crippen LogP contribution < -0.4 is 0 Å². The summed E-state index contributed by atoms with van der Waals surface area (Å²) in [7, 11) is 0. The number of amides is 1. The van der Waals surface area contributed by atoms with Crippen molar-refractivity contribution in [3.05, 3.63) is 21.9 Å². The maximum Gasteiger partial charge on any atom is 0.345 e. The van der Waals surface area contributed by atoms with E-state index in [1.807, 2.05) is 4.90 Å². The molecule has 2 fully saturated rings. The van der Waals surface area contributed by atoms with Gasteiger partial charge < -0.3 is 14.7 Å². The minimum Gasteiger partial charge on any atom is -0.477 e. The van der Waals surface area contributed by atoms with Crippen LogP contribution in [-0.2, 0) is 4.74 Å². The summed E-state index contributed by atoms with van der Waals surface area (Å²) in [5, 5.41) is 8.93. The normalized spacial score (nSPS) is 20.5. The molecule has 1 amide bonds. The highest BCUT2D eigenvalue weighted by molar-refractivity contribution is 7.15. The van der Waals surface area contributed by atoms with Crippen molar-refractivity contribution >= 4 is 23.2 Å². The number of carbonyl (C=O) groups is 2. The molecule has 0 bridgehead atoms. The van der Waals surface area contributed by atoms with E-state index in [-0.39, 0.29) is 16.9 Å². The number of thiophene rings is 1. The third kappa shape index (κ3) is 3.50. The highest BCUT2D eigenvalue weighted by atomic mass is 32.1. The Balaban J connectivity index is 1.51. The fourth-order valence-electron chi connectivity index (χ4n) is 3.22. The van der Waals surface area contributed by atoms with Crippen molar-refractivity contribution < 1.29 is 19.4 Å². The summed E-state index contributed by atoms with van der Waals surface area (Å²) in [5.41, 5.74) is 0. The average molecular weight is 323 g/mol. The van der Waals surface area contributed by atoms with Crippen molar-refractivity contribution in [1.82, 2.24) is 4.90 Å². The van der Waals surface area contributed by atoms with E-state index in [4.69, 9.17) is 9.84 Å². The van der Waals surface area contributed by atoms with Crippen LogP contribution in [0.1, 0.15) is 57.9 Å². The minimum absolute atomic E-state index is 0.0585. The molecular weight excluding hydrogens is 302 g/mol. The number of ether oxygens (including phenoxy) is 1. The van der Waals surface area contributed by atoms with Crippen LogP contribution >= 0.6 is 11.3 Å². The zero-order valence-electron chi connectivity index (χ0n) is 12.5. The van der Waals surface area contributed by atoms with Gasteiger partial charge >= 0.3 is 5.97 Å². The Hall–Kier alpha value is -1.40. The molecule has 0 unspecified atom stereocenters. The summed E-state index contributed by atoms with van der Waals surface area (Å²) in [4.78, 5) is 25.8. The number of carbonyl (C=O) groups excluding carboxylic acids is 1. The van der Waals surface area contributed by atoms with Crippen molar-refractivity contribution in [1.29, 1.82) is 0 Å². The van der Waals surface area contributed by atoms with Gasteiger partial charge in [0, 0.05) is 13.1 Å². The lowest BCUT2D eigenvalue weighted by Gasteiger charge is -2.33. The third-order valence-corrected chi connectivity index (χ3v) is 5.51. The van der Waals surface area contributed by atoms with E-state index >= 15 is 0 Å². The zero-order valence-corrected chi connectivity index (χ0v) is 13.3. The smallest absolute Gasteiger partial charge is 0.345 e. The van der Waals surface area contributed by atoms with E-state index in [0.717, 1.165) is 24.2 Å². The van der Waals surface area contributed by atoms with Crippen LogP contribution in [0.2, 0.25) is 0 Å². The van der Waals surface area contributed by atoms with Gasteiger partial charge in [0.2, 0.25) is 0 Å². The van der Waals surface area contributed by atoms with E-state index in [2.05, 4.69) is 0 Å². The van der Waals surface area contributed by atoms with Crippen LogP contribution in [0, 0.1) is 0 Å². The molecule has 1 aliphatic heterocycles. The van der Waals surface area contributed by atoms with E-state index in [1.54, 1.807) is 6.07 Å². The van der Waals surface area contributed by atoms with Gasteiger partial charge in [0.25, 0.3) is 5.91 Å². The van der Waals surface area contributed by atoms with Crippen molar-refractivity contribution in [3.63, 3.8) is 0 Å². The topological polar surface area (TPSA) is 66.8 Å². The fraction of sp³-hybridized carbons (Fsp3) is 0.625. The Morgan fingerprint density at radius 3 is 2.23 bits per heavy atom. The molecule has 0 radical (unpaired) electrons. The van der Waals surface area contributed by atoms with Gasteiger partial charge in [0.05, 0.1) is 17.1 Å². The van der Waals surface area contributed by atoms with Gasteiger partial charge in [-0.3, -0.25) is 4.79 Å². The lowest BCUT2D eigenvalue weighted by atomic mass is 10.1. The number of aromatic carboxylic acids is 1. The highest BCUT2D eigenvalue weighted by Gasteiger charge is 2.27. The molecule has 2 heterocycles. The summed E-state index contributed by atoms with van der Waals surface area (Å²) in [5.74, 6) is -1.04. The van der Waals surface area contributed by atoms with Crippen LogP contribution in [0.3, 0.4) is 0 Å². The maximum atomic E-state index is 12.4. The van der Waals surface area contributed by atoms with Crippen molar-refractivity contribution in [3.8, 4) is 0 Å². The van der Waals surface area contributed by atoms with Crippen LogP contribution in [0.15, 0.2) is 12.1 Å². The Morgan fingerprint density at radius 1 is 1.05 bits per heavy atom. The minimum atomic E-state index is -0.979. The molecule has 22 heavy (non-hydrogen) atoms. The van der Waals surface area contributed by atoms with Gasteiger partial charge in [-0.05, 0) is 37.8 Å². The number of carboxylic acids is 1. The van der Waals surface area contributed by atoms with Crippen LogP contribution in [0.5, 0.6) is 0 Å². The average Bonchev–Trinajstić information content (AvgIpc) is 3.18. The Kier molecular flexibility index (Phi) is 4.78. The standard InChI is InChI=1S/C16H21NO4S/c18-15(13-5-6-14(22-13)16(19)20)17-9-7-12(8-10-17)21-11-3-1-2-4-11/h5-6,11-12H,1-4,7-10H2,(H,19,20). The summed E-state index contributed by atoms with van der Waals surface area (Å²) >= 11 is 1.05. The molecule has 0 spiro atoms. The quantitative estimate of drug-likeness (QED) is 0.925. The molecule has 1 aromatic heterocycles. The molecule has 1 saturated heterocycles. The Morgan fingerprint density at radius 2 is 1.64 bits per heavy atom. The lowest BCUT2D eigenvalue weighted by Crippen LogP contribution is -2.41. The Bertz CT molecular complexity index is 542. The van der Waals surface area contributed by atoms with Gasteiger partial charge in [0.1, 0.15) is 4.88 Å². The first-order valence-corrected chi connectivity index (χ1v) is 8.73. The highest BCUT2D eigenvalue weighted by Crippen LogP contribution is 2.26. The molecule has 2 aliphatic rings. The van der Waals surface area contributed by atoms with Gasteiger partial charge in [-0.25, -0.2) is 4.79 Å². The molecule has 1 aliphatic carbocycles. The molecule has 120 valence electrons. The monoisotopic (exact) mass is 323 g/mol. The summed E-state index contributed by atoms with van der Waals surface area (Å²) in [6.07, 6.45) is 7.32. The van der Waals surface area contributed by atoms with Crippen LogP contribution in [0.4, 0.5) is 0 Å². The second-order valence-electron chi connectivity index (χ2n) is 6.00. The second-order valence-corrected chi connectivity index (χ2v) is 7.09. The number of piperidine rings is 1. The SMILES string of the molecule is O=C(O)c1ccc(C(=O)N2CCC(OC3CCCC3)CC2)s1. The lowest BCUT2D eigenvalue weighted by molar-refractivity contribution is -0.0357. The third-order valence-electron chi connectivity index (χ3n) is 4.44. The Labute approximate surface area is 133 Å². The van der Waals surface area contributed by atoms with Gasteiger partial charge in [-0.2, -0.15) is 0 Å². The number of rotatable bonds is 4. The molecular formula is C16H21NO4S. The summed E-state index contributed by atoms with van der Waals surface area (Å²) in [6, 6.07) is 3.10. The molecule has 0 atom stereocenters. The molecule has 1 aromatic rings. The molecule has 0 aromatic carbocycles. The first-order valence-electron chi connectivity index (χ1n) is 7.91. The number of nitrogens with zero attached hydrogens (tertiary/aromatic N) is 1. The molecule has 1 saturated carbocycles. The van der Waals surface area contributed by atoms with Crippen LogP contribution in [-0.4, -0.2) is 47.2 Å². The predicted molar refractivity (Wildman–Crippen MR) is 83.5 cm³/mol. The van der Waals surface area contributed by atoms with Gasteiger partial charge in [-0.1, -0.05) is 12.8 Å². The van der Waals surface area contributed by atoms with Gasteiger partial charge in [-0.15, -0.1) is 11.3 Å². The van der Waals surface area contributed by atoms with Crippen LogP contribution in [0.25, 0.3) is 0 Å². The van der Waals surface area contributed by atoms with E-state index in [9.17, 15) is 9.59 Å². The number of hydrogen-bond acceptors (Lipinski definition) is 4.